The molecule has 2 aromatic heterocycles. The van der Waals surface area contributed by atoms with Crippen LogP contribution in [0.2, 0.25) is 0 Å². The van der Waals surface area contributed by atoms with E-state index in [2.05, 4.69) is 9.97 Å². The summed E-state index contributed by atoms with van der Waals surface area (Å²) in [6.45, 7) is 0. The maximum atomic E-state index is 12.8. The second kappa shape index (κ2) is 3.45. The van der Waals surface area contributed by atoms with E-state index in [1.165, 1.54) is 12.1 Å². The zero-order chi connectivity index (χ0) is 11.0. The summed E-state index contributed by atoms with van der Waals surface area (Å²) in [5, 5.41) is 1.10. The molecule has 0 fully saturated rings. The Morgan fingerprint density at radius 2 is 1.81 bits per heavy atom. The molecule has 0 aliphatic rings. The fraction of sp³-hybridized carbons (Fsp3) is 0. The van der Waals surface area contributed by atoms with Crippen LogP contribution in [0, 0.1) is 5.82 Å². The number of hydrogen-bond donors (Lipinski definition) is 1. The molecule has 3 rings (SSSR count). The summed E-state index contributed by atoms with van der Waals surface area (Å²) in [5.41, 5.74) is 2.97. The molecule has 3 heteroatoms. The molecule has 78 valence electrons. The van der Waals surface area contributed by atoms with Gasteiger partial charge in [-0.15, -0.1) is 0 Å². The molecule has 0 unspecified atom stereocenters. The monoisotopic (exact) mass is 212 g/mol. The zero-order valence-electron chi connectivity index (χ0n) is 8.44. The lowest BCUT2D eigenvalue weighted by molar-refractivity contribution is 0.628. The second-order valence-corrected chi connectivity index (χ2v) is 3.63. The van der Waals surface area contributed by atoms with Gasteiger partial charge in [0.25, 0.3) is 0 Å². The van der Waals surface area contributed by atoms with E-state index in [0.717, 1.165) is 22.0 Å². The van der Waals surface area contributed by atoms with Gasteiger partial charge in [0.05, 0.1) is 11.7 Å². The van der Waals surface area contributed by atoms with E-state index in [1.807, 2.05) is 12.3 Å². The molecule has 0 radical (unpaired) electrons. The lowest BCUT2D eigenvalue weighted by atomic mass is 10.0. The lowest BCUT2D eigenvalue weighted by Crippen LogP contribution is -1.82. The topological polar surface area (TPSA) is 28.7 Å². The number of hydrogen-bond acceptors (Lipinski definition) is 1. The number of rotatable bonds is 1. The highest BCUT2D eigenvalue weighted by Crippen LogP contribution is 2.26. The van der Waals surface area contributed by atoms with Crippen molar-refractivity contribution in [2.45, 2.75) is 0 Å². The minimum absolute atomic E-state index is 0.224. The third-order valence-electron chi connectivity index (χ3n) is 2.63. The predicted octanol–water partition coefficient (Wildman–Crippen LogP) is 3.37. The Kier molecular flexibility index (Phi) is 1.96. The Morgan fingerprint density at radius 3 is 2.62 bits per heavy atom. The zero-order valence-corrected chi connectivity index (χ0v) is 8.44. The highest BCUT2D eigenvalue weighted by molar-refractivity contribution is 5.94. The number of fused-ring (bicyclic) bond motifs is 1. The van der Waals surface area contributed by atoms with Gasteiger partial charge >= 0.3 is 0 Å². The maximum absolute atomic E-state index is 12.8. The Labute approximate surface area is 91.8 Å². The third kappa shape index (κ3) is 1.37. The number of aromatic nitrogens is 2. The Morgan fingerprint density at radius 1 is 1.00 bits per heavy atom. The quantitative estimate of drug-likeness (QED) is 0.658. The molecule has 0 saturated heterocycles. The minimum atomic E-state index is -0.224. The third-order valence-corrected chi connectivity index (χ3v) is 2.63. The first-order valence-corrected chi connectivity index (χ1v) is 5.01. The molecule has 0 aliphatic carbocycles. The van der Waals surface area contributed by atoms with Gasteiger partial charge in [0, 0.05) is 23.3 Å². The van der Waals surface area contributed by atoms with E-state index in [4.69, 9.17) is 0 Å². The van der Waals surface area contributed by atoms with Gasteiger partial charge < -0.3 is 4.98 Å². The number of H-pyrrole nitrogens is 1. The summed E-state index contributed by atoms with van der Waals surface area (Å²) < 4.78 is 12.8. The van der Waals surface area contributed by atoms with Gasteiger partial charge in [-0.2, -0.15) is 0 Å². The normalized spacial score (nSPS) is 10.8. The van der Waals surface area contributed by atoms with Crippen LogP contribution in [-0.2, 0) is 0 Å². The van der Waals surface area contributed by atoms with Crippen LogP contribution in [0.15, 0.2) is 48.9 Å². The number of benzene rings is 1. The fourth-order valence-electron chi connectivity index (χ4n) is 1.84. The molecule has 0 amide bonds. The minimum Gasteiger partial charge on any atom is -0.360 e. The van der Waals surface area contributed by atoms with Crippen molar-refractivity contribution in [1.82, 2.24) is 9.97 Å². The van der Waals surface area contributed by atoms with Crippen LogP contribution in [-0.4, -0.2) is 9.97 Å². The molecule has 3 aromatic rings. The summed E-state index contributed by atoms with van der Waals surface area (Å²) in [6, 6.07) is 8.44. The van der Waals surface area contributed by atoms with Crippen molar-refractivity contribution in [3.63, 3.8) is 0 Å². The average Bonchev–Trinajstić information content (AvgIpc) is 2.78. The van der Waals surface area contributed by atoms with Crippen molar-refractivity contribution < 1.29 is 4.39 Å². The van der Waals surface area contributed by atoms with Crippen LogP contribution in [0.5, 0.6) is 0 Å². The van der Waals surface area contributed by atoms with Gasteiger partial charge in [0.2, 0.25) is 0 Å². The largest absolute Gasteiger partial charge is 0.360 e. The molecule has 1 N–H and O–H groups in total. The summed E-state index contributed by atoms with van der Waals surface area (Å²) in [4.78, 5) is 7.26. The van der Waals surface area contributed by atoms with E-state index in [9.17, 15) is 4.39 Å². The molecule has 0 aliphatic heterocycles. The highest BCUT2D eigenvalue weighted by Gasteiger charge is 2.04. The maximum Gasteiger partial charge on any atom is 0.123 e. The van der Waals surface area contributed by atoms with Gasteiger partial charge in [-0.3, -0.25) is 4.98 Å². The smallest absolute Gasteiger partial charge is 0.123 e. The van der Waals surface area contributed by atoms with Crippen molar-refractivity contribution in [2.24, 2.45) is 0 Å². The summed E-state index contributed by atoms with van der Waals surface area (Å²) >= 11 is 0. The van der Waals surface area contributed by atoms with Crippen molar-refractivity contribution in [1.29, 1.82) is 0 Å². The molecule has 0 bridgehead atoms. The molecule has 0 spiro atoms. The van der Waals surface area contributed by atoms with Gasteiger partial charge in [-0.25, -0.2) is 4.39 Å². The number of pyridine rings is 1. The van der Waals surface area contributed by atoms with Crippen LogP contribution in [0.25, 0.3) is 22.0 Å². The SMILES string of the molecule is Fc1ccc(-c2cncc3[nH]ccc23)cc1. The molecular weight excluding hydrogens is 203 g/mol. The Balaban J connectivity index is 2.25. The first kappa shape index (κ1) is 9.09. The van der Waals surface area contributed by atoms with Crippen LogP contribution >= 0.6 is 0 Å². The van der Waals surface area contributed by atoms with E-state index >= 15 is 0 Å². The molecule has 2 heterocycles. The number of nitrogens with zero attached hydrogens (tertiary/aromatic N) is 1. The number of halogens is 1. The van der Waals surface area contributed by atoms with Crippen LogP contribution in [0.1, 0.15) is 0 Å². The molecule has 16 heavy (non-hydrogen) atoms. The van der Waals surface area contributed by atoms with E-state index in [-0.39, 0.29) is 5.82 Å². The van der Waals surface area contributed by atoms with E-state index < -0.39 is 0 Å². The molecule has 0 atom stereocenters. The predicted molar refractivity (Wildman–Crippen MR) is 61.5 cm³/mol. The fourth-order valence-corrected chi connectivity index (χ4v) is 1.84. The molecule has 2 nitrogen and oxygen atoms in total. The summed E-state index contributed by atoms with van der Waals surface area (Å²) in [5.74, 6) is -0.224. The average molecular weight is 212 g/mol. The van der Waals surface area contributed by atoms with E-state index in [1.54, 1.807) is 24.5 Å². The number of aromatic amines is 1. The van der Waals surface area contributed by atoms with Crippen molar-refractivity contribution >= 4 is 10.9 Å². The first-order chi connectivity index (χ1) is 7.84. The van der Waals surface area contributed by atoms with Gasteiger partial charge in [-0.05, 0) is 23.8 Å². The van der Waals surface area contributed by atoms with Crippen LogP contribution in [0.4, 0.5) is 4.39 Å². The Bertz CT molecular complexity index is 626. The van der Waals surface area contributed by atoms with E-state index in [0.29, 0.717) is 0 Å². The van der Waals surface area contributed by atoms with Crippen molar-refractivity contribution in [3.05, 3.63) is 54.7 Å². The van der Waals surface area contributed by atoms with Crippen molar-refractivity contribution in [2.75, 3.05) is 0 Å². The first-order valence-electron chi connectivity index (χ1n) is 5.01. The summed E-state index contributed by atoms with van der Waals surface area (Å²) in [7, 11) is 0. The van der Waals surface area contributed by atoms with Gasteiger partial charge in [-0.1, -0.05) is 12.1 Å². The van der Waals surface area contributed by atoms with Gasteiger partial charge in [0.15, 0.2) is 0 Å². The lowest BCUT2D eigenvalue weighted by Gasteiger charge is -2.02. The van der Waals surface area contributed by atoms with Gasteiger partial charge in [0.1, 0.15) is 5.82 Å². The Hall–Kier alpha value is -2.16. The second-order valence-electron chi connectivity index (χ2n) is 3.63. The summed E-state index contributed by atoms with van der Waals surface area (Å²) in [6.07, 6.45) is 5.45. The molecule has 0 saturated carbocycles. The molecule has 1 aromatic carbocycles. The van der Waals surface area contributed by atoms with Crippen molar-refractivity contribution in [3.8, 4) is 11.1 Å². The highest BCUT2D eigenvalue weighted by atomic mass is 19.1. The number of nitrogens with one attached hydrogen (secondary N) is 1. The molecular formula is C13H9FN2. The van der Waals surface area contributed by atoms with Crippen LogP contribution in [0.3, 0.4) is 0 Å². The standard InChI is InChI=1S/C13H9FN2/c14-10-3-1-9(2-4-10)12-7-15-8-13-11(12)5-6-16-13/h1-8,16H. The van der Waals surface area contributed by atoms with Crippen LogP contribution < -0.4 is 0 Å².